The number of carbonyl (C=O) groups excluding carboxylic acids is 3. The first-order valence-electron chi connectivity index (χ1n) is 8.98. The molecule has 28 heavy (non-hydrogen) atoms. The summed E-state index contributed by atoms with van der Waals surface area (Å²) < 4.78 is 18.5. The van der Waals surface area contributed by atoms with Gasteiger partial charge in [0.25, 0.3) is 0 Å². The minimum atomic E-state index is -1.39. The first kappa shape index (κ1) is 18.3. The molecule has 0 radical (unpaired) electrons. The van der Waals surface area contributed by atoms with Gasteiger partial charge in [0.15, 0.2) is 0 Å². The monoisotopic (exact) mass is 383 g/mol. The molecule has 2 heterocycles. The van der Waals surface area contributed by atoms with Crippen LogP contribution in [0.25, 0.3) is 0 Å². The minimum Gasteiger partial charge on any atom is -0.464 e. The first-order chi connectivity index (χ1) is 13.4. The van der Waals surface area contributed by atoms with Crippen LogP contribution in [-0.4, -0.2) is 36.8 Å². The smallest absolute Gasteiger partial charge is 0.373 e. The molecule has 0 aromatic heterocycles. The van der Waals surface area contributed by atoms with Crippen molar-refractivity contribution >= 4 is 17.8 Å². The van der Waals surface area contributed by atoms with Gasteiger partial charge in [-0.1, -0.05) is 42.5 Å². The number of amides is 2. The number of nitrogens with zero attached hydrogens (tertiary/aromatic N) is 1. The molecule has 2 aromatic carbocycles. The largest absolute Gasteiger partial charge is 0.464 e. The van der Waals surface area contributed by atoms with E-state index >= 15 is 0 Å². The van der Waals surface area contributed by atoms with Crippen LogP contribution in [0.15, 0.2) is 54.6 Å². The lowest BCUT2D eigenvalue weighted by Gasteiger charge is -2.29. The number of methoxy groups -OCH3 is 1. The number of rotatable bonds is 3. The molecule has 4 rings (SSSR count). The fraction of sp³-hybridized carbons (Fsp3) is 0.286. The summed E-state index contributed by atoms with van der Waals surface area (Å²) in [6, 6.07) is 14.1. The van der Waals surface area contributed by atoms with Crippen LogP contribution in [0.5, 0.6) is 0 Å². The third kappa shape index (κ3) is 2.39. The van der Waals surface area contributed by atoms with Crippen LogP contribution < -0.4 is 5.32 Å². The summed E-state index contributed by atoms with van der Waals surface area (Å²) >= 11 is 0. The zero-order valence-electron chi connectivity index (χ0n) is 15.5. The predicted molar refractivity (Wildman–Crippen MR) is 96.0 cm³/mol. The van der Waals surface area contributed by atoms with Crippen LogP contribution in [0.3, 0.4) is 0 Å². The Balaban J connectivity index is 1.94. The number of likely N-dealkylation sites (tertiary alicyclic amines) is 1. The van der Waals surface area contributed by atoms with Crippen molar-refractivity contribution in [2.45, 2.75) is 11.6 Å². The number of fused-ring (bicyclic) bond motifs is 1. The number of ether oxygens (including phenoxy) is 1. The molecule has 6 nitrogen and oxygen atoms in total. The van der Waals surface area contributed by atoms with Gasteiger partial charge in [-0.15, -0.1) is 0 Å². The molecule has 4 atom stereocenters. The highest BCUT2D eigenvalue weighted by Crippen LogP contribution is 2.48. The van der Waals surface area contributed by atoms with E-state index in [4.69, 9.17) is 4.74 Å². The summed E-state index contributed by atoms with van der Waals surface area (Å²) in [6.45, 7) is 0. The van der Waals surface area contributed by atoms with E-state index in [1.54, 1.807) is 41.7 Å². The topological polar surface area (TPSA) is 80.3 Å². The fourth-order valence-corrected chi connectivity index (χ4v) is 4.63. The van der Waals surface area contributed by atoms with E-state index in [0.29, 0.717) is 11.1 Å². The molecule has 7 heteroatoms. The van der Waals surface area contributed by atoms with Crippen molar-refractivity contribution in [2.24, 2.45) is 11.8 Å². The maximum absolute atomic E-state index is 13.4. The maximum atomic E-state index is 13.4. The summed E-state index contributed by atoms with van der Waals surface area (Å²) in [7, 11) is 2.70. The van der Waals surface area contributed by atoms with Gasteiger partial charge in [0, 0.05) is 18.2 Å². The van der Waals surface area contributed by atoms with Gasteiger partial charge < -0.3 is 10.1 Å². The number of nitrogens with two attached hydrogens (primary N) is 1. The molecule has 2 saturated heterocycles. The number of halogens is 1. The summed E-state index contributed by atoms with van der Waals surface area (Å²) in [5.74, 6) is -3.40. The van der Waals surface area contributed by atoms with E-state index in [0.717, 1.165) is 4.90 Å². The Labute approximate surface area is 161 Å². The quantitative estimate of drug-likeness (QED) is 0.626. The number of imide groups is 1. The van der Waals surface area contributed by atoms with E-state index in [2.05, 4.69) is 0 Å². The van der Waals surface area contributed by atoms with Crippen LogP contribution in [0, 0.1) is 17.7 Å². The average molecular weight is 383 g/mol. The molecule has 0 spiro atoms. The number of carbonyl (C=O) groups is 3. The number of hydrogen-bond acceptors (Lipinski definition) is 4. The van der Waals surface area contributed by atoms with Crippen molar-refractivity contribution in [3.63, 3.8) is 0 Å². The second-order valence-electron chi connectivity index (χ2n) is 7.21. The molecule has 2 fully saturated rings. The Morgan fingerprint density at radius 2 is 1.71 bits per heavy atom. The molecule has 0 saturated carbocycles. The van der Waals surface area contributed by atoms with Gasteiger partial charge in [-0.05, 0) is 12.1 Å². The van der Waals surface area contributed by atoms with Crippen molar-refractivity contribution < 1.29 is 28.8 Å². The van der Waals surface area contributed by atoms with Crippen LogP contribution in [-0.2, 0) is 24.7 Å². The molecule has 2 amide bonds. The van der Waals surface area contributed by atoms with E-state index in [9.17, 15) is 18.8 Å². The van der Waals surface area contributed by atoms with Crippen LogP contribution >= 0.6 is 0 Å². The van der Waals surface area contributed by atoms with Crippen LogP contribution in [0.1, 0.15) is 17.2 Å². The zero-order valence-corrected chi connectivity index (χ0v) is 15.5. The molecule has 2 N–H and O–H groups in total. The standard InChI is InChI=1S/C21H19FN2O4/c1-24-18(25)15-16(19(24)26)21(20(27)28-2,13-6-4-3-5-7-13)23-17(15)12-8-10-14(22)11-9-12/h3-11,15-17,23H,1-2H3/p+1/t15-,16-,17-,21+/m0/s1. The summed E-state index contributed by atoms with van der Waals surface area (Å²) in [5.41, 5.74) is -0.121. The number of quaternary nitrogens is 1. The Morgan fingerprint density at radius 1 is 1.07 bits per heavy atom. The van der Waals surface area contributed by atoms with Crippen molar-refractivity contribution in [2.75, 3.05) is 14.2 Å². The van der Waals surface area contributed by atoms with Crippen molar-refractivity contribution in [3.8, 4) is 0 Å². The lowest BCUT2D eigenvalue weighted by molar-refractivity contribution is -0.742. The Bertz CT molecular complexity index is 947. The third-order valence-electron chi connectivity index (χ3n) is 5.92. The first-order valence-corrected chi connectivity index (χ1v) is 8.98. The van der Waals surface area contributed by atoms with E-state index < -0.39 is 41.1 Å². The molecule has 0 bridgehead atoms. The summed E-state index contributed by atoms with van der Waals surface area (Å²) in [6.07, 6.45) is 0. The van der Waals surface area contributed by atoms with Crippen molar-refractivity contribution in [1.29, 1.82) is 0 Å². The second kappa shape index (κ2) is 6.53. The zero-order chi connectivity index (χ0) is 20.1. The molecule has 144 valence electrons. The lowest BCUT2D eigenvalue weighted by atomic mass is 9.75. The molecular formula is C21H20FN2O4+. The molecule has 2 aliphatic rings. The molecule has 0 aliphatic carbocycles. The van der Waals surface area contributed by atoms with Crippen LogP contribution in [0.4, 0.5) is 4.39 Å². The second-order valence-corrected chi connectivity index (χ2v) is 7.21. The SMILES string of the molecule is COC(=O)[C@]1(c2ccccc2)[NH2+][C@@H](c2ccc(F)cc2)[C@H]2C(=O)N(C)C(=O)[C@H]21. The Morgan fingerprint density at radius 3 is 2.32 bits per heavy atom. The number of benzene rings is 2. The van der Waals surface area contributed by atoms with Crippen molar-refractivity contribution in [1.82, 2.24) is 4.90 Å². The summed E-state index contributed by atoms with van der Waals surface area (Å²) in [4.78, 5) is 40.1. The molecule has 2 aromatic rings. The molecule has 0 unspecified atom stereocenters. The fourth-order valence-electron chi connectivity index (χ4n) is 4.63. The molecule has 2 aliphatic heterocycles. The molecular weight excluding hydrogens is 363 g/mol. The maximum Gasteiger partial charge on any atom is 0.373 e. The minimum absolute atomic E-state index is 0.345. The van der Waals surface area contributed by atoms with Crippen molar-refractivity contribution in [3.05, 3.63) is 71.5 Å². The van der Waals surface area contributed by atoms with Gasteiger partial charge in [0.2, 0.25) is 17.4 Å². The van der Waals surface area contributed by atoms with E-state index in [1.807, 2.05) is 6.07 Å². The Kier molecular flexibility index (Phi) is 4.27. The van der Waals surface area contributed by atoms with Gasteiger partial charge in [-0.25, -0.2) is 9.18 Å². The van der Waals surface area contributed by atoms with Gasteiger partial charge >= 0.3 is 5.97 Å². The summed E-state index contributed by atoms with van der Waals surface area (Å²) in [5, 5.41) is 1.74. The number of hydrogen-bond donors (Lipinski definition) is 1. The van der Waals surface area contributed by atoms with Gasteiger partial charge in [-0.2, -0.15) is 0 Å². The number of esters is 1. The lowest BCUT2D eigenvalue weighted by Crippen LogP contribution is -2.96. The van der Waals surface area contributed by atoms with Gasteiger partial charge in [0.05, 0.1) is 7.11 Å². The predicted octanol–water partition coefficient (Wildman–Crippen LogP) is 0.743. The normalized spacial score (nSPS) is 29.1. The van der Waals surface area contributed by atoms with Gasteiger partial charge in [0.1, 0.15) is 23.7 Å². The highest BCUT2D eigenvalue weighted by molar-refractivity contribution is 6.08. The van der Waals surface area contributed by atoms with E-state index in [-0.39, 0.29) is 5.91 Å². The highest BCUT2D eigenvalue weighted by Gasteiger charge is 2.72. The third-order valence-corrected chi connectivity index (χ3v) is 5.92. The highest BCUT2D eigenvalue weighted by atomic mass is 19.1. The van der Waals surface area contributed by atoms with E-state index in [1.165, 1.54) is 26.3 Å². The van der Waals surface area contributed by atoms with Crippen LogP contribution in [0.2, 0.25) is 0 Å². The van der Waals surface area contributed by atoms with Gasteiger partial charge in [-0.3, -0.25) is 14.5 Å². The average Bonchev–Trinajstić information content (AvgIpc) is 3.19. The Hall–Kier alpha value is -3.06.